The fourth-order valence-corrected chi connectivity index (χ4v) is 6.14. The molecule has 0 fully saturated rings. The maximum Gasteiger partial charge on any atom is 0.336 e. The van der Waals surface area contributed by atoms with E-state index in [1.165, 1.54) is 13.0 Å². The van der Waals surface area contributed by atoms with E-state index in [1.807, 2.05) is 50.2 Å². The number of sulfonamides is 1. The fourth-order valence-electron chi connectivity index (χ4n) is 4.33. The minimum Gasteiger partial charge on any atom is -0.460 e. The van der Waals surface area contributed by atoms with Crippen LogP contribution < -0.4 is 10.3 Å². The van der Waals surface area contributed by atoms with Crippen molar-refractivity contribution in [1.29, 1.82) is 0 Å². The molecule has 1 aromatic heterocycles. The van der Waals surface area contributed by atoms with Crippen LogP contribution in [-0.4, -0.2) is 20.4 Å². The first-order valence-corrected chi connectivity index (χ1v) is 12.7. The van der Waals surface area contributed by atoms with Crippen LogP contribution in [0.5, 0.6) is 0 Å². The number of esters is 1. The van der Waals surface area contributed by atoms with Crippen LogP contribution in [0.25, 0.3) is 21.7 Å². The Bertz CT molecular complexity index is 1610. The summed E-state index contributed by atoms with van der Waals surface area (Å²) in [6, 6.07) is 13.3. The summed E-state index contributed by atoms with van der Waals surface area (Å²) in [7, 11) is -3.98. The monoisotopic (exact) mass is 493 g/mol. The number of benzene rings is 3. The van der Waals surface area contributed by atoms with Gasteiger partial charge in [-0.15, -0.1) is 0 Å². The van der Waals surface area contributed by atoms with Crippen molar-refractivity contribution in [1.82, 2.24) is 4.72 Å². The van der Waals surface area contributed by atoms with Crippen molar-refractivity contribution in [3.63, 3.8) is 0 Å². The second-order valence-electron chi connectivity index (χ2n) is 8.79. The highest BCUT2D eigenvalue weighted by Crippen LogP contribution is 2.28. The third kappa shape index (κ3) is 4.72. The molecule has 0 saturated heterocycles. The Labute approximate surface area is 203 Å². The number of ether oxygens (including phenoxy) is 1. The average molecular weight is 494 g/mol. The number of nitrogens with one attached hydrogen (secondary N) is 1. The molecule has 8 heteroatoms. The minimum absolute atomic E-state index is 0.174. The fraction of sp³-hybridized carbons (Fsp3) is 0.259. The van der Waals surface area contributed by atoms with Crippen LogP contribution in [-0.2, 0) is 26.2 Å². The van der Waals surface area contributed by atoms with E-state index < -0.39 is 27.7 Å². The highest BCUT2D eigenvalue weighted by molar-refractivity contribution is 7.89. The minimum atomic E-state index is -3.98. The first-order valence-electron chi connectivity index (χ1n) is 11.2. The number of hydrogen-bond donors (Lipinski definition) is 1. The van der Waals surface area contributed by atoms with E-state index in [4.69, 9.17) is 9.15 Å². The lowest BCUT2D eigenvalue weighted by atomic mass is 10.0. The van der Waals surface area contributed by atoms with E-state index in [1.54, 1.807) is 19.9 Å². The van der Waals surface area contributed by atoms with Crippen molar-refractivity contribution < 1.29 is 22.4 Å². The van der Waals surface area contributed by atoms with E-state index in [-0.39, 0.29) is 11.5 Å². The topological polar surface area (TPSA) is 103 Å². The largest absolute Gasteiger partial charge is 0.460 e. The van der Waals surface area contributed by atoms with Crippen LogP contribution in [0.3, 0.4) is 0 Å². The Kier molecular flexibility index (Phi) is 6.53. The molecule has 0 unspecified atom stereocenters. The summed E-state index contributed by atoms with van der Waals surface area (Å²) in [6.45, 7) is 8.42. The molecule has 0 spiro atoms. The number of carbonyl (C=O) groups is 1. The molecule has 35 heavy (non-hydrogen) atoms. The van der Waals surface area contributed by atoms with Crippen LogP contribution in [0.1, 0.15) is 34.7 Å². The second kappa shape index (κ2) is 9.28. The molecule has 182 valence electrons. The van der Waals surface area contributed by atoms with Gasteiger partial charge in [-0.05, 0) is 73.7 Å². The Hall–Kier alpha value is -3.49. The van der Waals surface area contributed by atoms with Crippen molar-refractivity contribution in [2.45, 2.75) is 52.2 Å². The summed E-state index contributed by atoms with van der Waals surface area (Å²) in [5.41, 5.74) is 3.28. The molecule has 4 aromatic rings. The first-order chi connectivity index (χ1) is 16.5. The molecular formula is C27H27NO6S. The van der Waals surface area contributed by atoms with Gasteiger partial charge in [0.15, 0.2) is 0 Å². The van der Waals surface area contributed by atoms with Gasteiger partial charge in [0.05, 0.1) is 4.90 Å². The van der Waals surface area contributed by atoms with Crippen LogP contribution in [0.2, 0.25) is 0 Å². The maximum absolute atomic E-state index is 13.2. The predicted octanol–water partition coefficient (Wildman–Crippen LogP) is 4.59. The van der Waals surface area contributed by atoms with Crippen molar-refractivity contribution in [2.24, 2.45) is 0 Å². The predicted molar refractivity (Wildman–Crippen MR) is 135 cm³/mol. The number of aryl methyl sites for hydroxylation is 2. The summed E-state index contributed by atoms with van der Waals surface area (Å²) in [6.07, 6.45) is 0. The van der Waals surface area contributed by atoms with E-state index in [2.05, 4.69) is 4.72 Å². The van der Waals surface area contributed by atoms with Crippen LogP contribution in [0.15, 0.2) is 62.6 Å². The molecule has 7 nitrogen and oxygen atoms in total. The molecule has 4 rings (SSSR count). The lowest BCUT2D eigenvalue weighted by Gasteiger charge is -2.19. The second-order valence-corrected chi connectivity index (χ2v) is 10.4. The van der Waals surface area contributed by atoms with Crippen LogP contribution in [0.4, 0.5) is 0 Å². The number of rotatable bonds is 6. The quantitative estimate of drug-likeness (QED) is 0.239. The molecule has 3 aromatic carbocycles. The smallest absolute Gasteiger partial charge is 0.336 e. The Morgan fingerprint density at radius 3 is 2.34 bits per heavy atom. The Morgan fingerprint density at radius 1 is 1.00 bits per heavy atom. The standard InChI is InChI=1S/C27H27NO6S/c1-15-12-16(2)18(4)26(17(15)3)35(31,32)28-19(5)27(30)33-14-21-13-24(29)34-23-11-10-20-8-6-7-9-22(20)25(21)23/h6-13,19,28H,14H2,1-5H3/t19-/m1/s1. The van der Waals surface area contributed by atoms with Gasteiger partial charge in [0.1, 0.15) is 18.2 Å². The molecule has 0 aliphatic rings. The number of hydrogen-bond acceptors (Lipinski definition) is 6. The van der Waals surface area contributed by atoms with Crippen molar-refractivity contribution >= 4 is 37.7 Å². The van der Waals surface area contributed by atoms with Gasteiger partial charge in [0, 0.05) is 17.0 Å². The molecule has 0 bridgehead atoms. The van der Waals surface area contributed by atoms with E-state index >= 15 is 0 Å². The zero-order valence-electron chi connectivity index (χ0n) is 20.3. The molecule has 0 aliphatic heterocycles. The van der Waals surface area contributed by atoms with Crippen molar-refractivity contribution in [2.75, 3.05) is 0 Å². The highest BCUT2D eigenvalue weighted by Gasteiger charge is 2.27. The molecule has 0 saturated carbocycles. The van der Waals surface area contributed by atoms with Gasteiger partial charge in [-0.2, -0.15) is 4.72 Å². The third-order valence-electron chi connectivity index (χ3n) is 6.34. The summed E-state index contributed by atoms with van der Waals surface area (Å²) in [5, 5.41) is 2.47. The zero-order valence-corrected chi connectivity index (χ0v) is 21.1. The van der Waals surface area contributed by atoms with Gasteiger partial charge in [-0.3, -0.25) is 4.79 Å². The van der Waals surface area contributed by atoms with Crippen LogP contribution in [0, 0.1) is 27.7 Å². The van der Waals surface area contributed by atoms with Crippen molar-refractivity contribution in [3.8, 4) is 0 Å². The molecular weight excluding hydrogens is 466 g/mol. The zero-order chi connectivity index (χ0) is 25.5. The highest BCUT2D eigenvalue weighted by atomic mass is 32.2. The number of carbonyl (C=O) groups excluding carboxylic acids is 1. The van der Waals surface area contributed by atoms with Gasteiger partial charge in [-0.25, -0.2) is 13.2 Å². The summed E-state index contributed by atoms with van der Waals surface area (Å²) >= 11 is 0. The first kappa shape index (κ1) is 24.6. The average Bonchev–Trinajstić information content (AvgIpc) is 2.80. The molecule has 0 aliphatic carbocycles. The van der Waals surface area contributed by atoms with Crippen LogP contribution >= 0.6 is 0 Å². The molecule has 1 heterocycles. The lowest BCUT2D eigenvalue weighted by molar-refractivity contribution is -0.146. The summed E-state index contributed by atoms with van der Waals surface area (Å²) in [5.74, 6) is -0.755. The van der Waals surface area contributed by atoms with Gasteiger partial charge < -0.3 is 9.15 Å². The Morgan fingerprint density at radius 2 is 1.66 bits per heavy atom. The third-order valence-corrected chi connectivity index (χ3v) is 8.15. The molecule has 0 amide bonds. The van der Waals surface area contributed by atoms with Gasteiger partial charge in [-0.1, -0.05) is 36.4 Å². The van der Waals surface area contributed by atoms with E-state index in [0.717, 1.165) is 21.9 Å². The SMILES string of the molecule is Cc1cc(C)c(C)c(S(=O)(=O)N[C@H](C)C(=O)OCc2cc(=O)oc3ccc4ccccc4c23)c1C. The van der Waals surface area contributed by atoms with E-state index in [9.17, 15) is 18.0 Å². The lowest BCUT2D eigenvalue weighted by Crippen LogP contribution is -2.40. The molecule has 0 radical (unpaired) electrons. The number of fused-ring (bicyclic) bond motifs is 3. The Balaban J connectivity index is 1.59. The molecule has 1 N–H and O–H groups in total. The molecule has 1 atom stereocenters. The van der Waals surface area contributed by atoms with Gasteiger partial charge in [0.2, 0.25) is 10.0 Å². The maximum atomic E-state index is 13.2. The van der Waals surface area contributed by atoms with E-state index in [0.29, 0.717) is 27.7 Å². The van der Waals surface area contributed by atoms with Gasteiger partial charge >= 0.3 is 11.6 Å². The summed E-state index contributed by atoms with van der Waals surface area (Å²) in [4.78, 5) is 25.0. The normalized spacial score (nSPS) is 12.7. The van der Waals surface area contributed by atoms with Gasteiger partial charge in [0.25, 0.3) is 0 Å². The van der Waals surface area contributed by atoms with Crippen molar-refractivity contribution in [3.05, 3.63) is 86.8 Å². The summed E-state index contributed by atoms with van der Waals surface area (Å²) < 4.78 is 39.5.